The highest BCUT2D eigenvalue weighted by Gasteiger charge is 2.29. The van der Waals surface area contributed by atoms with Crippen molar-refractivity contribution in [3.8, 4) is 0 Å². The van der Waals surface area contributed by atoms with Crippen LogP contribution in [0.2, 0.25) is 5.15 Å². The Labute approximate surface area is 121 Å². The molecular formula is C13H15ClN6. The van der Waals surface area contributed by atoms with E-state index < -0.39 is 0 Å². The number of halogens is 1. The molecule has 0 N–H and O–H groups in total. The lowest BCUT2D eigenvalue weighted by atomic mass is 10.2. The van der Waals surface area contributed by atoms with Crippen molar-refractivity contribution in [1.82, 2.24) is 24.7 Å². The molecule has 7 heteroatoms. The van der Waals surface area contributed by atoms with Crippen LogP contribution < -0.4 is 4.90 Å². The van der Waals surface area contributed by atoms with E-state index in [4.69, 9.17) is 16.6 Å². The van der Waals surface area contributed by atoms with E-state index >= 15 is 0 Å². The molecule has 0 unspecified atom stereocenters. The van der Waals surface area contributed by atoms with Crippen LogP contribution in [0.3, 0.4) is 0 Å². The third kappa shape index (κ3) is 1.95. The second-order valence-corrected chi connectivity index (χ2v) is 5.82. The maximum atomic E-state index is 6.28. The van der Waals surface area contributed by atoms with Gasteiger partial charge in [-0.2, -0.15) is 0 Å². The third-order valence-electron chi connectivity index (χ3n) is 3.96. The first-order valence-corrected chi connectivity index (χ1v) is 7.26. The Balaban J connectivity index is 1.71. The van der Waals surface area contributed by atoms with E-state index in [1.807, 2.05) is 6.92 Å². The summed E-state index contributed by atoms with van der Waals surface area (Å²) in [6.07, 6.45) is 4.13. The topological polar surface area (TPSA) is 59.7 Å². The standard InChI is InChI=1S/C13H15ClN6/c1-8-11(14)16-12(9-2-3-9)17-13(8)19-4-5-20-7-15-18-10(20)6-19/h7,9H,2-6H2,1H3. The molecule has 104 valence electrons. The van der Waals surface area contributed by atoms with Gasteiger partial charge in [0.15, 0.2) is 5.82 Å². The molecule has 6 nitrogen and oxygen atoms in total. The van der Waals surface area contributed by atoms with Crippen molar-refractivity contribution in [3.63, 3.8) is 0 Å². The largest absolute Gasteiger partial charge is 0.347 e. The van der Waals surface area contributed by atoms with Gasteiger partial charge in [-0.3, -0.25) is 0 Å². The van der Waals surface area contributed by atoms with Gasteiger partial charge in [-0.25, -0.2) is 9.97 Å². The van der Waals surface area contributed by atoms with E-state index in [1.54, 1.807) is 6.33 Å². The summed E-state index contributed by atoms with van der Waals surface area (Å²) in [5, 5.41) is 8.68. The summed E-state index contributed by atoms with van der Waals surface area (Å²) in [5.41, 5.74) is 0.948. The number of rotatable bonds is 2. The fourth-order valence-corrected chi connectivity index (χ4v) is 2.74. The molecule has 0 amide bonds. The van der Waals surface area contributed by atoms with Crippen LogP contribution in [-0.2, 0) is 13.1 Å². The summed E-state index contributed by atoms with van der Waals surface area (Å²) in [5.74, 6) is 3.31. The van der Waals surface area contributed by atoms with Gasteiger partial charge in [-0.15, -0.1) is 10.2 Å². The molecule has 2 aliphatic rings. The van der Waals surface area contributed by atoms with Crippen LogP contribution in [0.15, 0.2) is 6.33 Å². The minimum Gasteiger partial charge on any atom is -0.347 e. The van der Waals surface area contributed by atoms with Gasteiger partial charge in [-0.05, 0) is 19.8 Å². The van der Waals surface area contributed by atoms with Crippen LogP contribution >= 0.6 is 11.6 Å². The minimum atomic E-state index is 0.500. The van der Waals surface area contributed by atoms with Gasteiger partial charge in [0.05, 0.1) is 6.54 Å². The number of anilines is 1. The number of aromatic nitrogens is 5. The quantitative estimate of drug-likeness (QED) is 0.791. The molecule has 0 atom stereocenters. The predicted molar refractivity (Wildman–Crippen MR) is 74.8 cm³/mol. The van der Waals surface area contributed by atoms with Crippen LogP contribution in [-0.4, -0.2) is 31.3 Å². The number of fused-ring (bicyclic) bond motifs is 1. The fraction of sp³-hybridized carbons (Fsp3) is 0.538. The maximum Gasteiger partial charge on any atom is 0.152 e. The molecule has 0 radical (unpaired) electrons. The SMILES string of the molecule is Cc1c(Cl)nc(C2CC2)nc1N1CCn2cnnc2C1. The van der Waals surface area contributed by atoms with E-state index in [-0.39, 0.29) is 0 Å². The first kappa shape index (κ1) is 12.1. The molecule has 0 spiro atoms. The Morgan fingerprint density at radius 3 is 2.90 bits per heavy atom. The van der Waals surface area contributed by atoms with Crippen LogP contribution in [0.1, 0.15) is 36.0 Å². The molecular weight excluding hydrogens is 276 g/mol. The number of nitrogens with zero attached hydrogens (tertiary/aromatic N) is 6. The maximum absolute atomic E-state index is 6.28. The lowest BCUT2D eigenvalue weighted by Crippen LogP contribution is -2.35. The van der Waals surface area contributed by atoms with Crippen LogP contribution in [0.5, 0.6) is 0 Å². The van der Waals surface area contributed by atoms with E-state index in [0.29, 0.717) is 11.1 Å². The molecule has 3 heterocycles. The molecule has 20 heavy (non-hydrogen) atoms. The molecule has 1 aliphatic heterocycles. The van der Waals surface area contributed by atoms with Gasteiger partial charge in [0.2, 0.25) is 0 Å². The van der Waals surface area contributed by atoms with Crippen LogP contribution in [0.25, 0.3) is 0 Å². The van der Waals surface area contributed by atoms with Gasteiger partial charge in [0.25, 0.3) is 0 Å². The minimum absolute atomic E-state index is 0.500. The summed E-state index contributed by atoms with van der Waals surface area (Å²) in [7, 11) is 0. The highest BCUT2D eigenvalue weighted by Crippen LogP contribution is 2.40. The van der Waals surface area contributed by atoms with E-state index in [0.717, 1.165) is 42.7 Å². The van der Waals surface area contributed by atoms with E-state index in [1.165, 1.54) is 12.8 Å². The molecule has 2 aromatic heterocycles. The number of hydrogen-bond donors (Lipinski definition) is 0. The van der Waals surface area contributed by atoms with Gasteiger partial charge in [0, 0.05) is 24.6 Å². The Kier molecular flexibility index (Phi) is 2.66. The zero-order valence-corrected chi connectivity index (χ0v) is 12.0. The first-order valence-electron chi connectivity index (χ1n) is 6.88. The monoisotopic (exact) mass is 290 g/mol. The summed E-state index contributed by atoms with van der Waals surface area (Å²) in [6.45, 7) is 4.47. The Hall–Kier alpha value is -1.69. The van der Waals surface area contributed by atoms with Crippen LogP contribution in [0.4, 0.5) is 5.82 Å². The molecule has 4 rings (SSSR count). The van der Waals surface area contributed by atoms with Gasteiger partial charge >= 0.3 is 0 Å². The van der Waals surface area contributed by atoms with Crippen LogP contribution in [0, 0.1) is 6.92 Å². The Morgan fingerprint density at radius 1 is 1.25 bits per heavy atom. The average Bonchev–Trinajstić information content (AvgIpc) is 3.19. The molecule has 1 aliphatic carbocycles. The normalized spacial score (nSPS) is 18.2. The molecule has 0 aromatic carbocycles. The third-order valence-corrected chi connectivity index (χ3v) is 4.33. The van der Waals surface area contributed by atoms with Crippen molar-refractivity contribution in [1.29, 1.82) is 0 Å². The summed E-state index contributed by atoms with van der Waals surface area (Å²) < 4.78 is 2.08. The lowest BCUT2D eigenvalue weighted by molar-refractivity contribution is 0.554. The van der Waals surface area contributed by atoms with Gasteiger partial charge in [0.1, 0.15) is 23.1 Å². The molecule has 2 aromatic rings. The molecule has 0 saturated heterocycles. The van der Waals surface area contributed by atoms with Crippen molar-refractivity contribution in [2.24, 2.45) is 0 Å². The zero-order chi connectivity index (χ0) is 13.7. The lowest BCUT2D eigenvalue weighted by Gasteiger charge is -2.29. The van der Waals surface area contributed by atoms with Crippen molar-refractivity contribution < 1.29 is 0 Å². The molecule has 1 saturated carbocycles. The summed E-state index contributed by atoms with van der Waals surface area (Å²) >= 11 is 6.28. The van der Waals surface area contributed by atoms with Crippen molar-refractivity contribution in [2.45, 2.75) is 38.8 Å². The smallest absolute Gasteiger partial charge is 0.152 e. The Morgan fingerprint density at radius 2 is 2.10 bits per heavy atom. The second-order valence-electron chi connectivity index (χ2n) is 5.46. The van der Waals surface area contributed by atoms with E-state index in [2.05, 4.69) is 24.6 Å². The highest BCUT2D eigenvalue weighted by atomic mass is 35.5. The average molecular weight is 291 g/mol. The van der Waals surface area contributed by atoms with Gasteiger partial charge < -0.3 is 9.47 Å². The van der Waals surface area contributed by atoms with E-state index in [9.17, 15) is 0 Å². The fourth-order valence-electron chi connectivity index (χ4n) is 2.57. The summed E-state index contributed by atoms with van der Waals surface area (Å²) in [6, 6.07) is 0. The first-order chi connectivity index (χ1) is 9.72. The molecule has 0 bridgehead atoms. The van der Waals surface area contributed by atoms with Crippen molar-refractivity contribution in [2.75, 3.05) is 11.4 Å². The predicted octanol–water partition coefficient (Wildman–Crippen LogP) is 1.93. The second kappa shape index (κ2) is 4.41. The zero-order valence-electron chi connectivity index (χ0n) is 11.3. The van der Waals surface area contributed by atoms with Gasteiger partial charge in [-0.1, -0.05) is 11.6 Å². The Bertz CT molecular complexity index is 663. The molecule has 1 fully saturated rings. The number of hydrogen-bond acceptors (Lipinski definition) is 5. The highest BCUT2D eigenvalue weighted by molar-refractivity contribution is 6.30. The van der Waals surface area contributed by atoms with Crippen molar-refractivity contribution >= 4 is 17.4 Å². The van der Waals surface area contributed by atoms with Crippen molar-refractivity contribution in [3.05, 3.63) is 28.7 Å². The summed E-state index contributed by atoms with van der Waals surface area (Å²) in [4.78, 5) is 11.4.